The van der Waals surface area contributed by atoms with Gasteiger partial charge in [-0.3, -0.25) is 4.40 Å². The van der Waals surface area contributed by atoms with Gasteiger partial charge in [-0.05, 0) is 49.5 Å². The third kappa shape index (κ3) is 5.23. The lowest BCUT2D eigenvalue weighted by molar-refractivity contribution is 0.612. The van der Waals surface area contributed by atoms with Crippen molar-refractivity contribution in [2.75, 3.05) is 0 Å². The number of allylic oxidation sites excluding steroid dienone is 2. The van der Waals surface area contributed by atoms with Crippen molar-refractivity contribution in [2.45, 2.75) is 53.1 Å². The van der Waals surface area contributed by atoms with Gasteiger partial charge >= 0.3 is 0 Å². The smallest absolute Gasteiger partial charge is 0.235 e. The molecule has 2 N–H and O–H groups in total. The Kier molecular flexibility index (Phi) is 6.95. The van der Waals surface area contributed by atoms with Crippen molar-refractivity contribution < 1.29 is 0 Å². The summed E-state index contributed by atoms with van der Waals surface area (Å²) >= 11 is 0. The molecule has 0 unspecified atom stereocenters. The molecule has 0 aliphatic rings. The molecule has 5 heteroatoms. The van der Waals surface area contributed by atoms with Crippen molar-refractivity contribution in [3.8, 4) is 0 Å². The zero-order chi connectivity index (χ0) is 22.5. The minimum absolute atomic E-state index is 0.146. The van der Waals surface area contributed by atoms with E-state index in [0.717, 1.165) is 53.4 Å². The SMILES string of the molecule is C=C(CC)NCc1ccc([C@H](CC)NC(=C)c2cc(C(=C)C)n3cc(C)nc3n2)cc1. The van der Waals surface area contributed by atoms with Gasteiger partial charge in [0.15, 0.2) is 0 Å². The Morgan fingerprint density at radius 2 is 1.81 bits per heavy atom. The molecule has 0 aliphatic heterocycles. The molecule has 1 aromatic carbocycles. The average molecular weight is 416 g/mol. The van der Waals surface area contributed by atoms with Crippen LogP contribution in [0.5, 0.6) is 0 Å². The highest BCUT2D eigenvalue weighted by molar-refractivity contribution is 5.67. The van der Waals surface area contributed by atoms with E-state index in [2.05, 4.69) is 73.5 Å². The van der Waals surface area contributed by atoms with Gasteiger partial charge in [0.2, 0.25) is 5.78 Å². The summed E-state index contributed by atoms with van der Waals surface area (Å²) in [6.07, 6.45) is 3.85. The second kappa shape index (κ2) is 9.65. The molecule has 3 rings (SSSR count). The van der Waals surface area contributed by atoms with Crippen molar-refractivity contribution in [2.24, 2.45) is 0 Å². The molecule has 1 atom stereocenters. The predicted molar refractivity (Wildman–Crippen MR) is 130 cm³/mol. The maximum absolute atomic E-state index is 4.72. The van der Waals surface area contributed by atoms with E-state index in [-0.39, 0.29) is 6.04 Å². The lowest BCUT2D eigenvalue weighted by Crippen LogP contribution is -2.20. The van der Waals surface area contributed by atoms with Gasteiger partial charge in [0.1, 0.15) is 0 Å². The topological polar surface area (TPSA) is 54.2 Å². The molecule has 3 aromatic rings. The first-order chi connectivity index (χ1) is 14.8. The molecule has 2 heterocycles. The molecule has 0 aliphatic carbocycles. The van der Waals surface area contributed by atoms with Crippen LogP contribution in [-0.2, 0) is 6.54 Å². The van der Waals surface area contributed by atoms with E-state index < -0.39 is 0 Å². The molecule has 0 bridgehead atoms. The number of fused-ring (bicyclic) bond motifs is 1. The lowest BCUT2D eigenvalue weighted by atomic mass is 10.0. The van der Waals surface area contributed by atoms with Crippen molar-refractivity contribution in [1.29, 1.82) is 0 Å². The molecular weight excluding hydrogens is 382 g/mol. The van der Waals surface area contributed by atoms with Crippen LogP contribution >= 0.6 is 0 Å². The minimum Gasteiger partial charge on any atom is -0.385 e. The predicted octanol–water partition coefficient (Wildman–Crippen LogP) is 5.80. The average Bonchev–Trinajstić information content (AvgIpc) is 3.15. The Bertz CT molecular complexity index is 1100. The lowest BCUT2D eigenvalue weighted by Gasteiger charge is -2.21. The van der Waals surface area contributed by atoms with Crippen LogP contribution in [0.3, 0.4) is 0 Å². The number of aryl methyl sites for hydroxylation is 1. The van der Waals surface area contributed by atoms with Crippen molar-refractivity contribution >= 4 is 17.0 Å². The number of benzene rings is 1. The van der Waals surface area contributed by atoms with E-state index >= 15 is 0 Å². The molecule has 31 heavy (non-hydrogen) atoms. The number of imidazole rings is 1. The fraction of sp³-hybridized carbons (Fsp3) is 0.308. The molecule has 0 fully saturated rings. The van der Waals surface area contributed by atoms with Crippen molar-refractivity contribution in [3.05, 3.63) is 90.2 Å². The van der Waals surface area contributed by atoms with Crippen LogP contribution < -0.4 is 10.6 Å². The number of hydrogen-bond donors (Lipinski definition) is 2. The molecule has 2 aromatic heterocycles. The van der Waals surface area contributed by atoms with Gasteiger partial charge in [0, 0.05) is 18.4 Å². The zero-order valence-electron chi connectivity index (χ0n) is 19.1. The summed E-state index contributed by atoms with van der Waals surface area (Å²) in [5, 5.41) is 6.91. The molecule has 5 nitrogen and oxygen atoms in total. The van der Waals surface area contributed by atoms with Crippen LogP contribution in [0.2, 0.25) is 0 Å². The summed E-state index contributed by atoms with van der Waals surface area (Å²) in [6.45, 7) is 21.4. The second-order valence-electron chi connectivity index (χ2n) is 8.00. The third-order valence-corrected chi connectivity index (χ3v) is 5.42. The summed E-state index contributed by atoms with van der Waals surface area (Å²) in [4.78, 5) is 9.25. The van der Waals surface area contributed by atoms with Crippen LogP contribution in [-0.4, -0.2) is 14.4 Å². The fourth-order valence-electron chi connectivity index (χ4n) is 3.49. The highest BCUT2D eigenvalue weighted by Gasteiger charge is 2.15. The van der Waals surface area contributed by atoms with Crippen LogP contribution in [0.4, 0.5) is 0 Å². The van der Waals surface area contributed by atoms with Crippen LogP contribution in [0.25, 0.3) is 17.0 Å². The van der Waals surface area contributed by atoms with E-state index in [1.165, 1.54) is 11.1 Å². The summed E-state index contributed by atoms with van der Waals surface area (Å²) in [6, 6.07) is 10.8. The van der Waals surface area contributed by atoms with E-state index in [9.17, 15) is 0 Å². The zero-order valence-corrected chi connectivity index (χ0v) is 19.1. The number of hydrogen-bond acceptors (Lipinski definition) is 4. The second-order valence-corrected chi connectivity index (χ2v) is 8.00. The maximum atomic E-state index is 4.72. The van der Waals surface area contributed by atoms with Gasteiger partial charge < -0.3 is 10.6 Å². The fourth-order valence-corrected chi connectivity index (χ4v) is 3.49. The van der Waals surface area contributed by atoms with Crippen molar-refractivity contribution in [1.82, 2.24) is 25.0 Å². The first-order valence-electron chi connectivity index (χ1n) is 10.8. The molecule has 0 saturated heterocycles. The van der Waals surface area contributed by atoms with Gasteiger partial charge in [0.25, 0.3) is 0 Å². The largest absolute Gasteiger partial charge is 0.385 e. The quantitative estimate of drug-likeness (QED) is 0.440. The molecule has 0 saturated carbocycles. The minimum atomic E-state index is 0.146. The first kappa shape index (κ1) is 22.3. The third-order valence-electron chi connectivity index (χ3n) is 5.42. The Morgan fingerprint density at radius 1 is 1.10 bits per heavy atom. The molecular formula is C26H33N5. The van der Waals surface area contributed by atoms with E-state index in [0.29, 0.717) is 5.78 Å². The molecule has 0 amide bonds. The van der Waals surface area contributed by atoms with E-state index in [4.69, 9.17) is 4.98 Å². The summed E-state index contributed by atoms with van der Waals surface area (Å²) < 4.78 is 1.98. The van der Waals surface area contributed by atoms with Crippen LogP contribution in [0, 0.1) is 6.92 Å². The Labute approximate surface area is 185 Å². The first-order valence-corrected chi connectivity index (χ1v) is 10.8. The maximum Gasteiger partial charge on any atom is 0.235 e. The summed E-state index contributed by atoms with van der Waals surface area (Å²) in [5.74, 6) is 0.662. The Balaban J connectivity index is 1.78. The van der Waals surface area contributed by atoms with Gasteiger partial charge in [0.05, 0.1) is 28.8 Å². The highest BCUT2D eigenvalue weighted by atomic mass is 15.1. The monoisotopic (exact) mass is 415 g/mol. The Hall–Kier alpha value is -3.34. The van der Waals surface area contributed by atoms with Gasteiger partial charge in [-0.2, -0.15) is 0 Å². The van der Waals surface area contributed by atoms with Gasteiger partial charge in [-0.1, -0.05) is 57.8 Å². The van der Waals surface area contributed by atoms with Gasteiger partial charge in [-0.15, -0.1) is 0 Å². The van der Waals surface area contributed by atoms with Crippen LogP contribution in [0.1, 0.15) is 67.9 Å². The number of nitrogens with one attached hydrogen (secondary N) is 2. The Morgan fingerprint density at radius 3 is 2.42 bits per heavy atom. The molecule has 0 spiro atoms. The van der Waals surface area contributed by atoms with Crippen molar-refractivity contribution in [3.63, 3.8) is 0 Å². The van der Waals surface area contributed by atoms with E-state index in [1.807, 2.05) is 30.5 Å². The van der Waals surface area contributed by atoms with Crippen LogP contribution in [0.15, 0.2) is 62.0 Å². The standard InChI is InChI=1S/C26H33N5/c1-8-18(5)27-15-21-10-12-22(13-11-21)23(9-2)29-20(7)24-14-25(17(3)4)31-16-19(6)28-26(31)30-24/h10-14,16,23,27,29H,3,5,7-9,15H2,1-2,4,6H3/t23-/m0/s1. The normalized spacial score (nSPS) is 11.9. The summed E-state index contributed by atoms with van der Waals surface area (Å²) in [7, 11) is 0. The summed E-state index contributed by atoms with van der Waals surface area (Å²) in [5.41, 5.74) is 7.95. The molecule has 0 radical (unpaired) electrons. The number of aromatic nitrogens is 3. The molecule has 162 valence electrons. The highest BCUT2D eigenvalue weighted by Crippen LogP contribution is 2.23. The number of rotatable bonds is 10. The van der Waals surface area contributed by atoms with Gasteiger partial charge in [-0.25, -0.2) is 9.97 Å². The number of nitrogens with zero attached hydrogens (tertiary/aromatic N) is 3. The van der Waals surface area contributed by atoms with E-state index in [1.54, 1.807) is 0 Å².